The van der Waals surface area contributed by atoms with Crippen LogP contribution in [0.3, 0.4) is 0 Å². The molecule has 0 aromatic rings. The third-order valence-electron chi connectivity index (χ3n) is 12.5. The summed E-state index contributed by atoms with van der Waals surface area (Å²) >= 11 is 0. The fourth-order valence-corrected chi connectivity index (χ4v) is 8.01. The minimum Gasteiger partial charge on any atom is -0.465 e. The number of likely N-dealkylation sites (N-methyl/N-ethyl adjacent to an activating group) is 1. The van der Waals surface area contributed by atoms with Gasteiger partial charge < -0.3 is 19.1 Å². The molecule has 0 aliphatic carbocycles. The molecule has 2 unspecified atom stereocenters. The average molecular weight is 821 g/mol. The second-order valence-electron chi connectivity index (χ2n) is 19.7. The number of hydrogen-bond donors (Lipinski definition) is 0. The molecular formula is C50H96N2O6. The minimum absolute atomic E-state index is 0.00200. The summed E-state index contributed by atoms with van der Waals surface area (Å²) in [5.41, 5.74) is 0. The maximum absolute atomic E-state index is 13.0. The summed E-state index contributed by atoms with van der Waals surface area (Å²) in [5.74, 6) is 3.20. The number of ether oxygens (including phenoxy) is 3. The van der Waals surface area contributed by atoms with Crippen molar-refractivity contribution in [3.05, 3.63) is 0 Å². The van der Waals surface area contributed by atoms with Gasteiger partial charge in [0.25, 0.3) is 0 Å². The molecule has 0 radical (unpaired) electrons. The molecule has 1 saturated heterocycles. The van der Waals surface area contributed by atoms with E-state index in [2.05, 4.69) is 65.2 Å². The van der Waals surface area contributed by atoms with Crippen LogP contribution in [0.5, 0.6) is 0 Å². The molecule has 0 bridgehead atoms. The first-order chi connectivity index (χ1) is 27.8. The van der Waals surface area contributed by atoms with Gasteiger partial charge in [0.1, 0.15) is 6.10 Å². The SMILES string of the molecule is CC(C)CCC(COC(=O)CCCCCCCCCC(CCCCCCCCCC(=O)OCC(CCC(C)C)C(C)C)OC(=O)CN(C)CCN1CCCC1)C(C)C. The van der Waals surface area contributed by atoms with E-state index in [1.165, 1.54) is 64.5 Å². The molecule has 1 aliphatic heterocycles. The lowest BCUT2D eigenvalue weighted by atomic mass is 9.89. The zero-order chi connectivity index (χ0) is 43.0. The predicted molar refractivity (Wildman–Crippen MR) is 243 cm³/mol. The van der Waals surface area contributed by atoms with E-state index < -0.39 is 0 Å². The van der Waals surface area contributed by atoms with Crippen LogP contribution in [0, 0.1) is 35.5 Å². The van der Waals surface area contributed by atoms with Crippen molar-refractivity contribution in [2.75, 3.05) is 53.0 Å². The number of unbranched alkanes of at least 4 members (excludes halogenated alkanes) is 12. The molecule has 342 valence electrons. The first-order valence-corrected chi connectivity index (χ1v) is 24.7. The van der Waals surface area contributed by atoms with Gasteiger partial charge in [0.2, 0.25) is 0 Å². The van der Waals surface area contributed by atoms with Gasteiger partial charge in [-0.05, 0) is 120 Å². The summed E-state index contributed by atoms with van der Waals surface area (Å²) < 4.78 is 17.4. The fraction of sp³-hybridized carbons (Fsp3) is 0.940. The molecule has 2 atom stereocenters. The van der Waals surface area contributed by atoms with E-state index in [4.69, 9.17) is 14.2 Å². The zero-order valence-electron chi connectivity index (χ0n) is 39.8. The first kappa shape index (κ1) is 54.3. The van der Waals surface area contributed by atoms with Crippen molar-refractivity contribution < 1.29 is 28.6 Å². The Morgan fingerprint density at radius 2 is 0.914 bits per heavy atom. The van der Waals surface area contributed by atoms with Gasteiger partial charge in [0, 0.05) is 25.9 Å². The molecule has 0 saturated carbocycles. The van der Waals surface area contributed by atoms with Crippen molar-refractivity contribution in [2.24, 2.45) is 35.5 Å². The van der Waals surface area contributed by atoms with Crippen molar-refractivity contribution in [1.29, 1.82) is 0 Å². The van der Waals surface area contributed by atoms with Crippen molar-refractivity contribution in [3.63, 3.8) is 0 Å². The number of likely N-dealkylation sites (tertiary alicyclic amines) is 1. The van der Waals surface area contributed by atoms with Crippen LogP contribution in [0.1, 0.15) is 209 Å². The lowest BCUT2D eigenvalue weighted by molar-refractivity contribution is -0.151. The molecular weight excluding hydrogens is 725 g/mol. The van der Waals surface area contributed by atoms with Crippen molar-refractivity contribution in [1.82, 2.24) is 9.80 Å². The monoisotopic (exact) mass is 821 g/mol. The van der Waals surface area contributed by atoms with Crippen LogP contribution >= 0.6 is 0 Å². The molecule has 0 aromatic carbocycles. The number of nitrogens with zero attached hydrogens (tertiary/aromatic N) is 2. The molecule has 0 amide bonds. The van der Waals surface area contributed by atoms with Crippen LogP contribution < -0.4 is 0 Å². The third-order valence-corrected chi connectivity index (χ3v) is 12.5. The maximum Gasteiger partial charge on any atom is 0.320 e. The van der Waals surface area contributed by atoms with Gasteiger partial charge in [0.15, 0.2) is 0 Å². The summed E-state index contributed by atoms with van der Waals surface area (Å²) in [7, 11) is 2.03. The Morgan fingerprint density at radius 3 is 1.31 bits per heavy atom. The summed E-state index contributed by atoms with van der Waals surface area (Å²) in [6.45, 7) is 23.7. The van der Waals surface area contributed by atoms with E-state index in [0.29, 0.717) is 68.1 Å². The van der Waals surface area contributed by atoms with Crippen molar-refractivity contribution in [3.8, 4) is 0 Å². The Balaban J connectivity index is 2.31. The second kappa shape index (κ2) is 35.0. The summed E-state index contributed by atoms with van der Waals surface area (Å²) in [6.07, 6.45) is 25.6. The van der Waals surface area contributed by atoms with Gasteiger partial charge in [-0.2, -0.15) is 0 Å². The van der Waals surface area contributed by atoms with Crippen LogP contribution in [-0.4, -0.2) is 86.8 Å². The fourth-order valence-electron chi connectivity index (χ4n) is 8.01. The van der Waals surface area contributed by atoms with Gasteiger partial charge in [-0.1, -0.05) is 132 Å². The molecule has 0 aromatic heterocycles. The van der Waals surface area contributed by atoms with Gasteiger partial charge >= 0.3 is 17.9 Å². The van der Waals surface area contributed by atoms with E-state index in [1.54, 1.807) is 0 Å². The van der Waals surface area contributed by atoms with Gasteiger partial charge in [-0.15, -0.1) is 0 Å². The van der Waals surface area contributed by atoms with E-state index in [0.717, 1.165) is 103 Å². The van der Waals surface area contributed by atoms with Crippen LogP contribution in [-0.2, 0) is 28.6 Å². The highest BCUT2D eigenvalue weighted by Crippen LogP contribution is 2.23. The van der Waals surface area contributed by atoms with Crippen LogP contribution in [0.2, 0.25) is 0 Å². The van der Waals surface area contributed by atoms with E-state index >= 15 is 0 Å². The topological polar surface area (TPSA) is 85.4 Å². The molecule has 8 nitrogen and oxygen atoms in total. The molecule has 0 spiro atoms. The average Bonchev–Trinajstić information content (AvgIpc) is 3.69. The highest BCUT2D eigenvalue weighted by molar-refractivity contribution is 5.71. The van der Waals surface area contributed by atoms with Crippen molar-refractivity contribution in [2.45, 2.75) is 216 Å². The molecule has 1 fully saturated rings. The Kier molecular flexibility index (Phi) is 32.8. The number of carbonyl (C=O) groups excluding carboxylic acids is 3. The van der Waals surface area contributed by atoms with E-state index in [-0.39, 0.29) is 24.0 Å². The summed E-state index contributed by atoms with van der Waals surface area (Å²) in [4.78, 5) is 42.3. The van der Waals surface area contributed by atoms with Crippen molar-refractivity contribution >= 4 is 17.9 Å². The normalized spacial score (nSPS) is 15.2. The second-order valence-corrected chi connectivity index (χ2v) is 19.7. The van der Waals surface area contributed by atoms with E-state index in [9.17, 15) is 14.4 Å². The Hall–Kier alpha value is -1.67. The Bertz CT molecular complexity index is 952. The quantitative estimate of drug-likeness (QED) is 0.0346. The molecule has 1 rings (SSSR count). The summed E-state index contributed by atoms with van der Waals surface area (Å²) in [6, 6.07) is 0. The highest BCUT2D eigenvalue weighted by Gasteiger charge is 2.20. The standard InChI is InChI=1S/C50H96N2O6/c1-41(2)30-32-45(43(5)6)39-56-48(53)28-22-18-14-10-12-16-20-26-47(58-50(55)38-51(9)36-37-52-34-24-25-35-52)27-21-17-13-11-15-19-23-29-49(54)57-40-46(44(7)8)33-31-42(3)4/h41-47H,10-40H2,1-9H3. The molecule has 0 N–H and O–H groups in total. The molecule has 8 heteroatoms. The smallest absolute Gasteiger partial charge is 0.320 e. The number of hydrogen-bond acceptors (Lipinski definition) is 8. The third kappa shape index (κ3) is 31.2. The summed E-state index contributed by atoms with van der Waals surface area (Å²) in [5, 5.41) is 0. The van der Waals surface area contributed by atoms with Gasteiger partial charge in [0.05, 0.1) is 19.8 Å². The lowest BCUT2D eigenvalue weighted by Gasteiger charge is -2.23. The molecule has 1 heterocycles. The van der Waals surface area contributed by atoms with Crippen LogP contribution in [0.15, 0.2) is 0 Å². The molecule has 58 heavy (non-hydrogen) atoms. The first-order valence-electron chi connectivity index (χ1n) is 24.7. The van der Waals surface area contributed by atoms with Crippen LogP contribution in [0.4, 0.5) is 0 Å². The molecule has 1 aliphatic rings. The predicted octanol–water partition coefficient (Wildman–Crippen LogP) is 12.5. The zero-order valence-corrected chi connectivity index (χ0v) is 39.8. The minimum atomic E-state index is -0.0865. The number of carbonyl (C=O) groups is 3. The highest BCUT2D eigenvalue weighted by atomic mass is 16.5. The van der Waals surface area contributed by atoms with Crippen LogP contribution in [0.25, 0.3) is 0 Å². The van der Waals surface area contributed by atoms with Gasteiger partial charge in [-0.3, -0.25) is 19.3 Å². The Labute approximate surface area is 359 Å². The van der Waals surface area contributed by atoms with E-state index in [1.807, 2.05) is 7.05 Å². The largest absolute Gasteiger partial charge is 0.465 e. The van der Waals surface area contributed by atoms with Gasteiger partial charge in [-0.25, -0.2) is 0 Å². The number of rotatable bonds is 38. The Morgan fingerprint density at radius 1 is 0.517 bits per heavy atom. The number of esters is 3. The lowest BCUT2D eigenvalue weighted by Crippen LogP contribution is -2.36. The maximum atomic E-state index is 13.0.